The van der Waals surface area contributed by atoms with E-state index in [0.29, 0.717) is 12.5 Å². The van der Waals surface area contributed by atoms with Crippen LogP contribution >= 0.6 is 0 Å². The van der Waals surface area contributed by atoms with E-state index >= 15 is 0 Å². The van der Waals surface area contributed by atoms with E-state index in [4.69, 9.17) is 0 Å². The number of guanidine groups is 1. The van der Waals surface area contributed by atoms with Gasteiger partial charge in [0.05, 0.1) is 12.6 Å². The minimum Gasteiger partial charge on any atom is -0.388 e. The van der Waals surface area contributed by atoms with Crippen molar-refractivity contribution >= 4 is 5.96 Å². The van der Waals surface area contributed by atoms with Gasteiger partial charge >= 0.3 is 0 Å². The molecule has 2 rings (SSSR count). The predicted molar refractivity (Wildman–Crippen MR) is 83.3 cm³/mol. The van der Waals surface area contributed by atoms with E-state index in [9.17, 15) is 20.4 Å². The Kier molecular flexibility index (Phi) is 6.43. The van der Waals surface area contributed by atoms with Crippen molar-refractivity contribution in [3.05, 3.63) is 0 Å². The van der Waals surface area contributed by atoms with E-state index in [1.165, 1.54) is 30.6 Å². The van der Waals surface area contributed by atoms with Gasteiger partial charge in [0.2, 0.25) is 0 Å². The Morgan fingerprint density at radius 1 is 1.00 bits per heavy atom. The van der Waals surface area contributed by atoms with Crippen molar-refractivity contribution in [2.75, 3.05) is 13.1 Å². The quantitative estimate of drug-likeness (QED) is 0.401. The van der Waals surface area contributed by atoms with Crippen molar-refractivity contribution < 1.29 is 20.4 Å². The number of hydrogen-bond acceptors (Lipinski definition) is 7. The summed E-state index contributed by atoms with van der Waals surface area (Å²) < 4.78 is 0. The lowest BCUT2D eigenvalue weighted by Crippen LogP contribution is -2.67. The van der Waals surface area contributed by atoms with Crippen molar-refractivity contribution in [1.82, 2.24) is 10.2 Å². The number of fused-ring (bicyclic) bond motifs is 1. The van der Waals surface area contributed by atoms with Crippen LogP contribution in [-0.2, 0) is 0 Å². The predicted octanol–water partition coefficient (Wildman–Crippen LogP) is -0.609. The molecule has 7 heteroatoms. The molecule has 0 aromatic heterocycles. The van der Waals surface area contributed by atoms with Gasteiger partial charge in [0.1, 0.15) is 18.3 Å². The van der Waals surface area contributed by atoms with Crippen LogP contribution in [0, 0.1) is 0 Å². The second kappa shape index (κ2) is 8.10. The molecule has 0 spiro atoms. The number of nitrogens with zero attached hydrogens (tertiary/aromatic N) is 2. The Morgan fingerprint density at radius 3 is 2.41 bits per heavy atom. The molecule has 2 heterocycles. The average Bonchev–Trinajstić information content (AvgIpc) is 2.94. The van der Waals surface area contributed by atoms with E-state index in [0.717, 1.165) is 19.4 Å². The van der Waals surface area contributed by atoms with E-state index < -0.39 is 30.6 Å². The topological polar surface area (TPSA) is 109 Å². The summed E-state index contributed by atoms with van der Waals surface area (Å²) in [4.78, 5) is 5.77. The molecule has 0 aromatic rings. The summed E-state index contributed by atoms with van der Waals surface area (Å²) in [6, 6.07) is -0.486. The fraction of sp³-hybridized carbons (Fsp3) is 0.933. The van der Waals surface area contributed by atoms with Crippen molar-refractivity contribution in [3.63, 3.8) is 0 Å². The molecular weight excluding hydrogens is 286 g/mol. The van der Waals surface area contributed by atoms with Gasteiger partial charge in [0.25, 0.3) is 0 Å². The summed E-state index contributed by atoms with van der Waals surface area (Å²) in [6.45, 7) is 3.25. The van der Waals surface area contributed by atoms with E-state index in [1.807, 2.05) is 0 Å². The Labute approximate surface area is 131 Å². The van der Waals surface area contributed by atoms with Gasteiger partial charge in [-0.25, -0.2) is 0 Å². The SMILES string of the molecule is CCCCCCCCNC1=NCC2[C@@H](O)[C@H](O)[C@@H](O)[C@@H](O)N12. The van der Waals surface area contributed by atoms with Crippen LogP contribution in [0.5, 0.6) is 0 Å². The van der Waals surface area contributed by atoms with Crippen molar-refractivity contribution in [1.29, 1.82) is 0 Å². The third-order valence-electron chi connectivity index (χ3n) is 4.53. The molecule has 1 fully saturated rings. The molecule has 128 valence electrons. The Bertz CT molecular complexity index is 380. The van der Waals surface area contributed by atoms with Gasteiger partial charge in [-0.15, -0.1) is 0 Å². The molecule has 22 heavy (non-hydrogen) atoms. The molecule has 5 N–H and O–H groups in total. The monoisotopic (exact) mass is 315 g/mol. The first kappa shape index (κ1) is 17.5. The van der Waals surface area contributed by atoms with Crippen LogP contribution in [-0.4, -0.2) is 75.0 Å². The summed E-state index contributed by atoms with van der Waals surface area (Å²) in [5.41, 5.74) is 0. The van der Waals surface area contributed by atoms with Gasteiger partial charge in [0, 0.05) is 6.54 Å². The average molecular weight is 315 g/mol. The highest BCUT2D eigenvalue weighted by Gasteiger charge is 2.50. The zero-order chi connectivity index (χ0) is 16.1. The largest absolute Gasteiger partial charge is 0.388 e. The van der Waals surface area contributed by atoms with Crippen molar-refractivity contribution in [2.45, 2.75) is 76.0 Å². The maximum Gasteiger partial charge on any atom is 0.196 e. The first-order chi connectivity index (χ1) is 10.6. The maximum absolute atomic E-state index is 10.1. The number of aliphatic hydroxyl groups is 4. The first-order valence-electron chi connectivity index (χ1n) is 8.36. The fourth-order valence-electron chi connectivity index (χ4n) is 3.12. The summed E-state index contributed by atoms with van der Waals surface area (Å²) in [6.07, 6.45) is 2.06. The second-order valence-corrected chi connectivity index (χ2v) is 6.22. The summed E-state index contributed by atoms with van der Waals surface area (Å²) in [7, 11) is 0. The van der Waals surface area contributed by atoms with Crippen molar-refractivity contribution in [3.8, 4) is 0 Å². The van der Waals surface area contributed by atoms with Crippen LogP contribution in [0.2, 0.25) is 0 Å². The Hall–Kier alpha value is -0.890. The summed E-state index contributed by atoms with van der Waals surface area (Å²) in [5.74, 6) is 0.496. The zero-order valence-corrected chi connectivity index (χ0v) is 13.2. The molecule has 0 bridgehead atoms. The van der Waals surface area contributed by atoms with Crippen LogP contribution in [0.3, 0.4) is 0 Å². The molecule has 0 radical (unpaired) electrons. The highest BCUT2D eigenvalue weighted by molar-refractivity contribution is 5.82. The molecule has 0 amide bonds. The molecule has 1 unspecified atom stereocenters. The van der Waals surface area contributed by atoms with E-state index in [-0.39, 0.29) is 0 Å². The molecule has 1 saturated heterocycles. The number of hydrogen-bond donors (Lipinski definition) is 5. The highest BCUT2D eigenvalue weighted by Crippen LogP contribution is 2.27. The minimum absolute atomic E-state index is 0.306. The van der Waals surface area contributed by atoms with Crippen LogP contribution in [0.4, 0.5) is 0 Å². The molecule has 0 saturated carbocycles. The summed E-state index contributed by atoms with van der Waals surface area (Å²) >= 11 is 0. The van der Waals surface area contributed by atoms with Crippen molar-refractivity contribution in [2.24, 2.45) is 4.99 Å². The lowest BCUT2D eigenvalue weighted by molar-refractivity contribution is -0.192. The molecule has 2 aliphatic rings. The Balaban J connectivity index is 1.76. The standard InChI is InChI=1S/C15H29N3O4/c1-2-3-4-5-6-7-8-16-15-17-9-10-11(19)12(20)13(21)14(22)18(10)15/h10-14,19-22H,2-9H2,1H3,(H,16,17)/t10?,11-,12+,13-,14-/m1/s1. The van der Waals surface area contributed by atoms with Crippen LogP contribution in [0.15, 0.2) is 4.99 Å². The van der Waals surface area contributed by atoms with E-state index in [1.54, 1.807) is 0 Å². The number of unbranched alkanes of at least 4 members (excludes halogenated alkanes) is 5. The highest BCUT2D eigenvalue weighted by atomic mass is 16.4. The molecule has 2 aliphatic heterocycles. The number of nitrogens with one attached hydrogen (secondary N) is 1. The summed E-state index contributed by atoms with van der Waals surface area (Å²) in [5, 5.41) is 42.7. The molecule has 0 aromatic carbocycles. The molecular formula is C15H29N3O4. The third kappa shape index (κ3) is 3.71. The lowest BCUT2D eigenvalue weighted by atomic mass is 9.93. The third-order valence-corrected chi connectivity index (χ3v) is 4.53. The number of aliphatic imine (C=N–C) groups is 1. The van der Waals surface area contributed by atoms with Crippen LogP contribution in [0.25, 0.3) is 0 Å². The molecule has 0 aliphatic carbocycles. The maximum atomic E-state index is 10.1. The van der Waals surface area contributed by atoms with Gasteiger partial charge in [-0.05, 0) is 6.42 Å². The van der Waals surface area contributed by atoms with Crippen LogP contribution < -0.4 is 5.32 Å². The smallest absolute Gasteiger partial charge is 0.196 e. The zero-order valence-electron chi connectivity index (χ0n) is 13.2. The van der Waals surface area contributed by atoms with Gasteiger partial charge in [-0.2, -0.15) is 0 Å². The fourth-order valence-corrected chi connectivity index (χ4v) is 3.12. The van der Waals surface area contributed by atoms with Crippen LogP contribution in [0.1, 0.15) is 45.4 Å². The Morgan fingerprint density at radius 2 is 1.68 bits per heavy atom. The molecule has 5 atom stereocenters. The van der Waals surface area contributed by atoms with Gasteiger partial charge in [0.15, 0.2) is 12.2 Å². The lowest BCUT2D eigenvalue weighted by Gasteiger charge is -2.44. The van der Waals surface area contributed by atoms with Gasteiger partial charge in [-0.3, -0.25) is 4.99 Å². The van der Waals surface area contributed by atoms with Gasteiger partial charge in [-0.1, -0.05) is 39.0 Å². The number of aliphatic hydroxyl groups excluding tert-OH is 4. The minimum atomic E-state index is -1.40. The van der Waals surface area contributed by atoms with E-state index in [2.05, 4.69) is 17.2 Å². The normalized spacial score (nSPS) is 34.5. The second-order valence-electron chi connectivity index (χ2n) is 6.22. The van der Waals surface area contributed by atoms with Gasteiger partial charge < -0.3 is 30.6 Å². The number of rotatable bonds is 7. The number of piperidine rings is 1. The molecule has 7 nitrogen and oxygen atoms in total. The first-order valence-corrected chi connectivity index (χ1v) is 8.36.